The molecule has 0 aliphatic rings. The summed E-state index contributed by atoms with van der Waals surface area (Å²) in [5.41, 5.74) is 2.34. The van der Waals surface area contributed by atoms with E-state index in [4.69, 9.17) is 34.1 Å². The maximum absolute atomic E-state index is 11.5. The number of pyridine rings is 2. The number of carboxylic acid groups (broad SMARTS) is 1. The molecule has 0 radical (unpaired) electrons. The third-order valence-electron chi connectivity index (χ3n) is 4.00. The number of hydrogen-bond acceptors (Lipinski definition) is 10. The van der Waals surface area contributed by atoms with Crippen LogP contribution >= 0.6 is 0 Å². The summed E-state index contributed by atoms with van der Waals surface area (Å²) in [6.07, 6.45) is 3.52. The third kappa shape index (κ3) is 17.5. The largest absolute Gasteiger partial charge is 0.477 e. The molecule has 11 heteroatoms. The fraction of sp³-hybridized carbons (Fsp3) is 0.0714. The van der Waals surface area contributed by atoms with Gasteiger partial charge >= 0.3 is 24.2 Å². The van der Waals surface area contributed by atoms with E-state index in [9.17, 15) is 9.59 Å². The molecular formula is C28H24N2O9. The predicted molar refractivity (Wildman–Crippen MR) is 133 cm³/mol. The van der Waals surface area contributed by atoms with Gasteiger partial charge in [-0.3, -0.25) is 0 Å². The number of nitrogens with zero attached hydrogens (tertiary/aromatic N) is 2. The minimum atomic E-state index is -0.990. The predicted octanol–water partition coefficient (Wildman–Crippen LogP) is 3.23. The molecule has 0 spiro atoms. The van der Waals surface area contributed by atoms with Crippen LogP contribution < -0.4 is 0 Å². The Morgan fingerprint density at radius 3 is 1.38 bits per heavy atom. The highest BCUT2D eigenvalue weighted by Gasteiger charge is 2.07. The third-order valence-corrected chi connectivity index (χ3v) is 4.00. The first-order chi connectivity index (χ1) is 18.9. The molecule has 0 unspecified atom stereocenters. The van der Waals surface area contributed by atoms with E-state index in [1.165, 1.54) is 12.3 Å². The number of aliphatic hydroxyl groups excluding tert-OH is 1. The number of carbonyl (C=O) groups excluding carboxylic acids is 5. The Bertz CT molecular complexity index is 1250. The van der Waals surface area contributed by atoms with Gasteiger partial charge in [0.05, 0.1) is 6.61 Å². The molecule has 200 valence electrons. The van der Waals surface area contributed by atoms with E-state index in [1.54, 1.807) is 36.5 Å². The molecule has 4 aromatic rings. The molecule has 0 saturated carbocycles. The molecule has 0 aliphatic heterocycles. The van der Waals surface area contributed by atoms with Crippen molar-refractivity contribution in [3.63, 3.8) is 0 Å². The molecule has 0 bridgehead atoms. The number of aromatic carboxylic acids is 1. The maximum atomic E-state index is 11.5. The van der Waals surface area contributed by atoms with Gasteiger partial charge < -0.3 is 14.9 Å². The summed E-state index contributed by atoms with van der Waals surface area (Å²) in [7, 11) is 0. The molecule has 11 nitrogen and oxygen atoms in total. The lowest BCUT2D eigenvalue weighted by Crippen LogP contribution is -2.06. The maximum Gasteiger partial charge on any atom is 0.373 e. The van der Waals surface area contributed by atoms with Crippen molar-refractivity contribution in [2.45, 2.75) is 13.2 Å². The summed E-state index contributed by atoms with van der Waals surface area (Å²) in [5.74, 6) is -1.39. The molecule has 0 fully saturated rings. The van der Waals surface area contributed by atoms with E-state index >= 15 is 0 Å². The van der Waals surface area contributed by atoms with Crippen molar-refractivity contribution in [1.82, 2.24) is 9.97 Å². The summed E-state index contributed by atoms with van der Waals surface area (Å²) in [6, 6.07) is 29.0. The summed E-state index contributed by atoms with van der Waals surface area (Å²) < 4.78 is 5.11. The number of esters is 1. The van der Waals surface area contributed by atoms with Crippen molar-refractivity contribution in [1.29, 1.82) is 0 Å². The van der Waals surface area contributed by atoms with Crippen LogP contribution in [-0.4, -0.2) is 44.4 Å². The molecule has 2 heterocycles. The Morgan fingerprint density at radius 1 is 0.641 bits per heavy atom. The standard InChI is InChI=1S/C13H11NO2.C7H8O.C6H5NO2.2CO2/c15-13(12-8-4-5-9-14-12)16-10-11-6-2-1-3-7-11;8-6-7-4-2-1-3-5-7;8-6(9)5-3-1-2-4-7-5;2*2-1-3/h1-9H,10H2;1-5,8H,6H2;1-4H,(H,8,9);;. The number of ether oxygens (including phenoxy) is 1. The van der Waals surface area contributed by atoms with Gasteiger partial charge in [-0.2, -0.15) is 19.2 Å². The molecule has 0 aliphatic carbocycles. The highest BCUT2D eigenvalue weighted by molar-refractivity contribution is 5.87. The van der Waals surface area contributed by atoms with Crippen LogP contribution in [0, 0.1) is 0 Å². The van der Waals surface area contributed by atoms with Gasteiger partial charge in [0.2, 0.25) is 0 Å². The Balaban J connectivity index is 0.000000535. The second-order valence-electron chi connectivity index (χ2n) is 6.61. The van der Waals surface area contributed by atoms with E-state index in [2.05, 4.69) is 9.97 Å². The summed E-state index contributed by atoms with van der Waals surface area (Å²) in [6.45, 7) is 0.414. The Kier molecular flexibility index (Phi) is 19.6. The summed E-state index contributed by atoms with van der Waals surface area (Å²) in [5, 5.41) is 16.9. The van der Waals surface area contributed by atoms with E-state index in [0.29, 0.717) is 5.69 Å². The quantitative estimate of drug-likeness (QED) is 0.361. The topological polar surface area (TPSA) is 178 Å². The smallest absolute Gasteiger partial charge is 0.373 e. The van der Waals surface area contributed by atoms with Crippen molar-refractivity contribution in [2.75, 3.05) is 0 Å². The molecule has 2 aromatic heterocycles. The van der Waals surface area contributed by atoms with Gasteiger partial charge in [-0.15, -0.1) is 0 Å². The first-order valence-electron chi connectivity index (χ1n) is 10.8. The highest BCUT2D eigenvalue weighted by atomic mass is 16.5. The molecule has 0 amide bonds. The lowest BCUT2D eigenvalue weighted by molar-refractivity contribution is -0.193. The average molecular weight is 533 g/mol. The van der Waals surface area contributed by atoms with Gasteiger partial charge in [0, 0.05) is 12.4 Å². The fourth-order valence-electron chi connectivity index (χ4n) is 2.35. The lowest BCUT2D eigenvalue weighted by atomic mass is 10.2. The van der Waals surface area contributed by atoms with Crippen LogP contribution in [0.5, 0.6) is 0 Å². The van der Waals surface area contributed by atoms with E-state index in [0.717, 1.165) is 11.1 Å². The van der Waals surface area contributed by atoms with Crippen LogP contribution in [-0.2, 0) is 37.1 Å². The fourth-order valence-corrected chi connectivity index (χ4v) is 2.35. The minimum absolute atomic E-state index is 0.0810. The number of carbonyl (C=O) groups is 2. The van der Waals surface area contributed by atoms with Gasteiger partial charge in [0.15, 0.2) is 0 Å². The molecular weight excluding hydrogens is 508 g/mol. The van der Waals surface area contributed by atoms with Gasteiger partial charge in [0.25, 0.3) is 0 Å². The van der Waals surface area contributed by atoms with Crippen molar-refractivity contribution in [3.05, 3.63) is 132 Å². The number of rotatable bonds is 5. The van der Waals surface area contributed by atoms with E-state index < -0.39 is 11.9 Å². The Hall–Kier alpha value is -5.60. The van der Waals surface area contributed by atoms with E-state index in [-0.39, 0.29) is 31.2 Å². The van der Waals surface area contributed by atoms with Crippen molar-refractivity contribution >= 4 is 24.2 Å². The van der Waals surface area contributed by atoms with Crippen LogP contribution in [0.4, 0.5) is 0 Å². The number of carboxylic acids is 1. The first kappa shape index (κ1) is 33.4. The number of aliphatic hydroxyl groups is 1. The second kappa shape index (κ2) is 22.8. The van der Waals surface area contributed by atoms with Crippen LogP contribution in [0.25, 0.3) is 0 Å². The monoisotopic (exact) mass is 532 g/mol. The number of hydrogen-bond donors (Lipinski definition) is 2. The van der Waals surface area contributed by atoms with Gasteiger partial charge in [-0.1, -0.05) is 72.8 Å². The molecule has 2 aromatic carbocycles. The number of aromatic nitrogens is 2. The van der Waals surface area contributed by atoms with Gasteiger partial charge in [-0.05, 0) is 35.4 Å². The molecule has 4 rings (SSSR count). The van der Waals surface area contributed by atoms with Crippen molar-refractivity contribution < 1.29 is 43.7 Å². The zero-order chi connectivity index (χ0) is 29.1. The van der Waals surface area contributed by atoms with Gasteiger partial charge in [-0.25, -0.2) is 19.6 Å². The van der Waals surface area contributed by atoms with Crippen molar-refractivity contribution in [3.8, 4) is 0 Å². The second-order valence-corrected chi connectivity index (χ2v) is 6.61. The van der Waals surface area contributed by atoms with Crippen LogP contribution in [0.1, 0.15) is 32.1 Å². The molecule has 39 heavy (non-hydrogen) atoms. The first-order valence-corrected chi connectivity index (χ1v) is 10.8. The van der Waals surface area contributed by atoms with E-state index in [1.807, 2.05) is 60.7 Å². The SMILES string of the molecule is O=C(O)c1ccccn1.O=C(OCc1ccccc1)c1ccccn1.O=C=O.O=C=O.OCc1ccccc1. The van der Waals surface area contributed by atoms with Crippen LogP contribution in [0.2, 0.25) is 0 Å². The van der Waals surface area contributed by atoms with Crippen molar-refractivity contribution in [2.24, 2.45) is 0 Å². The minimum Gasteiger partial charge on any atom is -0.477 e. The normalized spacial score (nSPS) is 8.33. The van der Waals surface area contributed by atoms with Crippen LogP contribution in [0.15, 0.2) is 109 Å². The highest BCUT2D eigenvalue weighted by Crippen LogP contribution is 2.03. The zero-order valence-electron chi connectivity index (χ0n) is 20.5. The van der Waals surface area contributed by atoms with Crippen LogP contribution in [0.3, 0.4) is 0 Å². The Labute approximate surface area is 223 Å². The number of benzene rings is 2. The summed E-state index contributed by atoms with van der Waals surface area (Å²) >= 11 is 0. The molecule has 2 N–H and O–H groups in total. The lowest BCUT2D eigenvalue weighted by Gasteiger charge is -2.03. The average Bonchev–Trinajstić information content (AvgIpc) is 2.99. The molecule has 0 saturated heterocycles. The zero-order valence-corrected chi connectivity index (χ0v) is 20.5. The molecule has 0 atom stereocenters. The van der Waals surface area contributed by atoms with Gasteiger partial charge in [0.1, 0.15) is 18.0 Å². The Morgan fingerprint density at radius 2 is 1.05 bits per heavy atom. The summed E-state index contributed by atoms with van der Waals surface area (Å²) in [4.78, 5) is 61.7.